The van der Waals surface area contributed by atoms with E-state index in [1.54, 1.807) is 18.2 Å². The number of amides is 1. The maximum Gasteiger partial charge on any atom is 0.308 e. The van der Waals surface area contributed by atoms with Crippen LogP contribution in [0.3, 0.4) is 0 Å². The summed E-state index contributed by atoms with van der Waals surface area (Å²) in [6.07, 6.45) is 7.13. The molecule has 2 unspecified atom stereocenters. The van der Waals surface area contributed by atoms with Crippen LogP contribution in [0.5, 0.6) is 0 Å². The molecule has 1 aromatic heterocycles. The van der Waals surface area contributed by atoms with Crippen LogP contribution >= 0.6 is 15.9 Å². The van der Waals surface area contributed by atoms with Gasteiger partial charge in [-0.15, -0.1) is 0 Å². The van der Waals surface area contributed by atoms with Crippen LogP contribution in [-0.4, -0.2) is 23.0 Å². The molecule has 1 saturated carbocycles. The SMILES string of the molecule is O=C(/C=C/c1ccc(Br)o1)NC1CCCCCC1C(=O)O. The number of rotatable bonds is 4. The van der Waals surface area contributed by atoms with E-state index in [1.807, 2.05) is 0 Å². The van der Waals surface area contributed by atoms with Gasteiger partial charge in [0.1, 0.15) is 5.76 Å². The highest BCUT2D eigenvalue weighted by Crippen LogP contribution is 2.24. The first kappa shape index (κ1) is 15.8. The Morgan fingerprint density at radius 3 is 2.71 bits per heavy atom. The van der Waals surface area contributed by atoms with Gasteiger partial charge in [0, 0.05) is 12.1 Å². The zero-order valence-corrected chi connectivity index (χ0v) is 13.1. The molecule has 114 valence electrons. The van der Waals surface area contributed by atoms with Gasteiger partial charge < -0.3 is 14.8 Å². The molecule has 1 heterocycles. The van der Waals surface area contributed by atoms with Gasteiger partial charge in [0.15, 0.2) is 4.67 Å². The number of nitrogens with one attached hydrogen (secondary N) is 1. The molecule has 1 fully saturated rings. The number of aliphatic carboxylic acids is 1. The Morgan fingerprint density at radius 1 is 1.29 bits per heavy atom. The van der Waals surface area contributed by atoms with Crippen molar-refractivity contribution in [1.82, 2.24) is 5.32 Å². The monoisotopic (exact) mass is 355 g/mol. The normalized spacial score (nSPS) is 22.9. The lowest BCUT2D eigenvalue weighted by Crippen LogP contribution is -2.42. The molecule has 0 spiro atoms. The van der Waals surface area contributed by atoms with E-state index in [4.69, 9.17) is 4.42 Å². The number of carboxylic acid groups (broad SMARTS) is 1. The van der Waals surface area contributed by atoms with Crippen LogP contribution < -0.4 is 5.32 Å². The standard InChI is InChI=1S/C15H18BrNO4/c16-13-8-6-10(21-13)7-9-14(18)17-12-5-3-1-2-4-11(12)15(19)20/h6-9,11-12H,1-5H2,(H,17,18)(H,19,20)/b9-7+. The van der Waals surface area contributed by atoms with Crippen molar-refractivity contribution in [1.29, 1.82) is 0 Å². The molecule has 0 bridgehead atoms. The highest BCUT2D eigenvalue weighted by molar-refractivity contribution is 9.10. The number of furan rings is 1. The van der Waals surface area contributed by atoms with Crippen molar-refractivity contribution in [3.8, 4) is 0 Å². The van der Waals surface area contributed by atoms with Crippen molar-refractivity contribution < 1.29 is 19.1 Å². The summed E-state index contributed by atoms with van der Waals surface area (Å²) >= 11 is 3.18. The van der Waals surface area contributed by atoms with Crippen molar-refractivity contribution in [3.63, 3.8) is 0 Å². The van der Waals surface area contributed by atoms with Gasteiger partial charge in [0.2, 0.25) is 5.91 Å². The van der Waals surface area contributed by atoms with Crippen LogP contribution in [0.4, 0.5) is 0 Å². The molecule has 1 aliphatic carbocycles. The molecule has 21 heavy (non-hydrogen) atoms. The molecule has 0 aliphatic heterocycles. The summed E-state index contributed by atoms with van der Waals surface area (Å²) in [7, 11) is 0. The Labute approximate surface area is 131 Å². The van der Waals surface area contributed by atoms with Gasteiger partial charge in [-0.2, -0.15) is 0 Å². The first-order valence-electron chi connectivity index (χ1n) is 7.03. The third kappa shape index (κ3) is 4.74. The van der Waals surface area contributed by atoms with Gasteiger partial charge in [-0.3, -0.25) is 9.59 Å². The van der Waals surface area contributed by atoms with Crippen molar-refractivity contribution in [2.24, 2.45) is 5.92 Å². The van der Waals surface area contributed by atoms with Crippen LogP contribution in [-0.2, 0) is 9.59 Å². The Hall–Kier alpha value is -1.56. The number of carbonyl (C=O) groups excluding carboxylic acids is 1. The van der Waals surface area contributed by atoms with Gasteiger partial charge in [-0.1, -0.05) is 19.3 Å². The molecule has 0 radical (unpaired) electrons. The first-order valence-corrected chi connectivity index (χ1v) is 7.82. The fourth-order valence-electron chi connectivity index (χ4n) is 2.58. The summed E-state index contributed by atoms with van der Waals surface area (Å²) in [6, 6.07) is 3.17. The number of halogens is 1. The predicted octanol–water partition coefficient (Wildman–Crippen LogP) is 3.21. The summed E-state index contributed by atoms with van der Waals surface area (Å²) in [5, 5.41) is 12.1. The summed E-state index contributed by atoms with van der Waals surface area (Å²) in [5.41, 5.74) is 0. The lowest BCUT2D eigenvalue weighted by Gasteiger charge is -2.22. The van der Waals surface area contributed by atoms with Crippen LogP contribution in [0.1, 0.15) is 37.9 Å². The zero-order chi connectivity index (χ0) is 15.2. The molecule has 1 aliphatic rings. The Bertz CT molecular complexity index is 538. The second-order valence-corrected chi connectivity index (χ2v) is 5.95. The van der Waals surface area contributed by atoms with Crippen LogP contribution in [0, 0.1) is 5.92 Å². The maximum atomic E-state index is 11.9. The minimum absolute atomic E-state index is 0.291. The maximum absolute atomic E-state index is 11.9. The van der Waals surface area contributed by atoms with E-state index in [-0.39, 0.29) is 11.9 Å². The average molecular weight is 356 g/mol. The highest BCUT2D eigenvalue weighted by Gasteiger charge is 2.30. The molecule has 0 saturated heterocycles. The van der Waals surface area contributed by atoms with E-state index >= 15 is 0 Å². The Balaban J connectivity index is 1.96. The second kappa shape index (κ2) is 7.45. The van der Waals surface area contributed by atoms with Crippen LogP contribution in [0.25, 0.3) is 6.08 Å². The Morgan fingerprint density at radius 2 is 2.05 bits per heavy atom. The molecule has 2 N–H and O–H groups in total. The molecule has 0 aromatic carbocycles. The first-order chi connectivity index (χ1) is 10.1. The average Bonchev–Trinajstić information content (AvgIpc) is 2.70. The number of carbonyl (C=O) groups is 2. The number of carboxylic acids is 1. The van der Waals surface area contributed by atoms with E-state index < -0.39 is 11.9 Å². The molecule has 2 rings (SSSR count). The van der Waals surface area contributed by atoms with Gasteiger partial charge in [0.25, 0.3) is 0 Å². The summed E-state index contributed by atoms with van der Waals surface area (Å²) in [4.78, 5) is 23.2. The van der Waals surface area contributed by atoms with Gasteiger partial charge >= 0.3 is 5.97 Å². The van der Waals surface area contributed by atoms with E-state index in [9.17, 15) is 14.7 Å². The van der Waals surface area contributed by atoms with E-state index in [0.717, 1.165) is 19.3 Å². The molecule has 1 aromatic rings. The van der Waals surface area contributed by atoms with Crippen molar-refractivity contribution in [2.45, 2.75) is 38.1 Å². The topological polar surface area (TPSA) is 79.5 Å². The largest absolute Gasteiger partial charge is 0.481 e. The van der Waals surface area contributed by atoms with Crippen LogP contribution in [0.15, 0.2) is 27.3 Å². The minimum Gasteiger partial charge on any atom is -0.481 e. The number of hydrogen-bond donors (Lipinski definition) is 2. The third-order valence-corrected chi connectivity index (χ3v) is 4.08. The van der Waals surface area contributed by atoms with E-state index in [2.05, 4.69) is 21.2 Å². The lowest BCUT2D eigenvalue weighted by atomic mass is 9.95. The third-order valence-electron chi connectivity index (χ3n) is 3.65. The molecular weight excluding hydrogens is 338 g/mol. The molecule has 5 nitrogen and oxygen atoms in total. The summed E-state index contributed by atoms with van der Waals surface area (Å²) in [6.45, 7) is 0. The zero-order valence-electron chi connectivity index (χ0n) is 11.5. The van der Waals surface area contributed by atoms with Gasteiger partial charge in [-0.05, 0) is 47.0 Å². The predicted molar refractivity (Wildman–Crippen MR) is 81.6 cm³/mol. The smallest absolute Gasteiger partial charge is 0.308 e. The van der Waals surface area contributed by atoms with E-state index in [0.29, 0.717) is 23.3 Å². The second-order valence-electron chi connectivity index (χ2n) is 5.17. The summed E-state index contributed by atoms with van der Waals surface area (Å²) in [5.74, 6) is -1.06. The molecule has 2 atom stereocenters. The molecule has 1 amide bonds. The minimum atomic E-state index is -0.832. The summed E-state index contributed by atoms with van der Waals surface area (Å²) < 4.78 is 5.85. The van der Waals surface area contributed by atoms with Crippen molar-refractivity contribution >= 4 is 33.9 Å². The highest BCUT2D eigenvalue weighted by atomic mass is 79.9. The lowest BCUT2D eigenvalue weighted by molar-refractivity contribution is -0.143. The van der Waals surface area contributed by atoms with Crippen LogP contribution in [0.2, 0.25) is 0 Å². The molecular formula is C15H18BrNO4. The van der Waals surface area contributed by atoms with Gasteiger partial charge in [0.05, 0.1) is 5.92 Å². The number of hydrogen-bond acceptors (Lipinski definition) is 3. The fourth-order valence-corrected chi connectivity index (χ4v) is 2.90. The van der Waals surface area contributed by atoms with Crippen molar-refractivity contribution in [2.75, 3.05) is 0 Å². The quantitative estimate of drug-likeness (QED) is 0.641. The van der Waals surface area contributed by atoms with Crippen molar-refractivity contribution in [3.05, 3.63) is 28.6 Å². The molecule has 6 heteroatoms. The Kier molecular flexibility index (Phi) is 5.61. The van der Waals surface area contributed by atoms with E-state index in [1.165, 1.54) is 6.08 Å². The fraction of sp³-hybridized carbons (Fsp3) is 0.467. The van der Waals surface area contributed by atoms with Gasteiger partial charge in [-0.25, -0.2) is 0 Å².